The van der Waals surface area contributed by atoms with Crippen LogP contribution in [0, 0.1) is 11.3 Å². The van der Waals surface area contributed by atoms with Gasteiger partial charge < -0.3 is 0 Å². The summed E-state index contributed by atoms with van der Waals surface area (Å²) in [6.45, 7) is 4.68. The average molecular weight is 237 g/mol. The third-order valence-electron chi connectivity index (χ3n) is 4.25. The Hall–Kier alpha value is -0.940. The minimum atomic E-state index is 0.287. The summed E-state index contributed by atoms with van der Waals surface area (Å²) in [7, 11) is 1.93. The van der Waals surface area contributed by atoms with E-state index in [0.717, 1.165) is 12.2 Å². The van der Waals surface area contributed by atoms with Crippen LogP contribution in [0.2, 0.25) is 0 Å². The first kappa shape index (κ1) is 12.5. The molecule has 0 saturated heterocycles. The molecule has 1 heterocycles. The molecule has 0 spiro atoms. The molecule has 5 heteroatoms. The van der Waals surface area contributed by atoms with Crippen molar-refractivity contribution in [2.45, 2.75) is 45.6 Å². The van der Waals surface area contributed by atoms with Gasteiger partial charge in [0.2, 0.25) is 0 Å². The van der Waals surface area contributed by atoms with Crippen molar-refractivity contribution >= 4 is 0 Å². The van der Waals surface area contributed by atoms with Gasteiger partial charge in [0.1, 0.15) is 12.2 Å². The van der Waals surface area contributed by atoms with E-state index in [-0.39, 0.29) is 6.04 Å². The molecule has 0 aliphatic heterocycles. The first-order chi connectivity index (χ1) is 8.04. The Bertz CT molecular complexity index is 371. The zero-order valence-corrected chi connectivity index (χ0v) is 11.0. The van der Waals surface area contributed by atoms with Gasteiger partial charge in [-0.2, -0.15) is 5.10 Å². The summed E-state index contributed by atoms with van der Waals surface area (Å²) in [5, 5.41) is 4.10. The molecule has 1 aromatic heterocycles. The maximum Gasteiger partial charge on any atom is 0.138 e. The molecular weight excluding hydrogens is 214 g/mol. The molecule has 0 radical (unpaired) electrons. The second-order valence-electron chi connectivity index (χ2n) is 5.76. The SMILES string of the molecule is Cn1ncnc1CC(NN)C1CCCC1(C)C. The topological polar surface area (TPSA) is 68.8 Å². The zero-order valence-electron chi connectivity index (χ0n) is 11.0. The fourth-order valence-corrected chi connectivity index (χ4v) is 3.12. The molecule has 3 N–H and O–H groups in total. The standard InChI is InChI=1S/C12H23N5/c1-12(2)6-4-5-9(12)10(16-13)7-11-14-8-15-17(11)3/h8-10,16H,4-7,13H2,1-3H3. The maximum absolute atomic E-state index is 5.73. The van der Waals surface area contributed by atoms with E-state index < -0.39 is 0 Å². The van der Waals surface area contributed by atoms with Crippen molar-refractivity contribution in [2.24, 2.45) is 24.2 Å². The highest BCUT2D eigenvalue weighted by atomic mass is 15.3. The van der Waals surface area contributed by atoms with Gasteiger partial charge in [0, 0.05) is 19.5 Å². The first-order valence-corrected chi connectivity index (χ1v) is 6.33. The van der Waals surface area contributed by atoms with Gasteiger partial charge in [0.05, 0.1) is 0 Å². The molecule has 1 fully saturated rings. The largest absolute Gasteiger partial charge is 0.271 e. The Balaban J connectivity index is 2.09. The monoisotopic (exact) mass is 237 g/mol. The lowest BCUT2D eigenvalue weighted by Crippen LogP contribution is -2.46. The highest BCUT2D eigenvalue weighted by molar-refractivity contribution is 4.97. The van der Waals surface area contributed by atoms with Crippen LogP contribution in [-0.2, 0) is 13.5 Å². The molecule has 0 bridgehead atoms. The van der Waals surface area contributed by atoms with Gasteiger partial charge in [-0.25, -0.2) is 4.98 Å². The van der Waals surface area contributed by atoms with E-state index in [0.29, 0.717) is 11.3 Å². The molecule has 96 valence electrons. The lowest BCUT2D eigenvalue weighted by atomic mass is 9.76. The molecule has 0 amide bonds. The van der Waals surface area contributed by atoms with Crippen LogP contribution >= 0.6 is 0 Å². The number of nitrogens with zero attached hydrogens (tertiary/aromatic N) is 3. The lowest BCUT2D eigenvalue weighted by Gasteiger charge is -2.33. The fraction of sp³-hybridized carbons (Fsp3) is 0.833. The molecule has 2 rings (SSSR count). The molecule has 2 atom stereocenters. The van der Waals surface area contributed by atoms with Gasteiger partial charge in [-0.3, -0.25) is 16.0 Å². The molecule has 2 unspecified atom stereocenters. The van der Waals surface area contributed by atoms with Crippen LogP contribution in [0.3, 0.4) is 0 Å². The van der Waals surface area contributed by atoms with E-state index in [1.807, 2.05) is 11.7 Å². The number of aromatic nitrogens is 3. The van der Waals surface area contributed by atoms with E-state index in [1.165, 1.54) is 19.3 Å². The maximum atomic E-state index is 5.73. The number of hydrazine groups is 1. The molecule has 1 aromatic rings. The Morgan fingerprint density at radius 3 is 2.88 bits per heavy atom. The Labute approximate surface area is 103 Å². The number of rotatable bonds is 4. The second kappa shape index (κ2) is 4.74. The van der Waals surface area contributed by atoms with Crippen LogP contribution in [-0.4, -0.2) is 20.8 Å². The van der Waals surface area contributed by atoms with Crippen molar-refractivity contribution in [3.8, 4) is 0 Å². The summed E-state index contributed by atoms with van der Waals surface area (Å²) in [5.74, 6) is 7.34. The van der Waals surface area contributed by atoms with Crippen LogP contribution in [0.4, 0.5) is 0 Å². The Morgan fingerprint density at radius 1 is 1.65 bits per heavy atom. The van der Waals surface area contributed by atoms with Gasteiger partial charge in [-0.15, -0.1) is 0 Å². The molecule has 1 aliphatic carbocycles. The number of hydrogen-bond acceptors (Lipinski definition) is 4. The quantitative estimate of drug-likeness (QED) is 0.606. The molecule has 1 saturated carbocycles. The Morgan fingerprint density at radius 2 is 2.41 bits per heavy atom. The minimum absolute atomic E-state index is 0.287. The van der Waals surface area contributed by atoms with Gasteiger partial charge >= 0.3 is 0 Å². The summed E-state index contributed by atoms with van der Waals surface area (Å²) in [5.41, 5.74) is 3.35. The van der Waals surface area contributed by atoms with Crippen LogP contribution in [0.15, 0.2) is 6.33 Å². The number of aryl methyl sites for hydroxylation is 1. The van der Waals surface area contributed by atoms with Crippen LogP contribution < -0.4 is 11.3 Å². The highest BCUT2D eigenvalue weighted by Crippen LogP contribution is 2.44. The second-order valence-corrected chi connectivity index (χ2v) is 5.76. The first-order valence-electron chi connectivity index (χ1n) is 6.33. The van der Waals surface area contributed by atoms with Gasteiger partial charge in [0.25, 0.3) is 0 Å². The third-order valence-corrected chi connectivity index (χ3v) is 4.25. The number of nitrogens with two attached hydrogens (primary N) is 1. The highest BCUT2D eigenvalue weighted by Gasteiger charge is 2.39. The van der Waals surface area contributed by atoms with E-state index in [9.17, 15) is 0 Å². The predicted molar refractivity (Wildman–Crippen MR) is 66.9 cm³/mol. The summed E-state index contributed by atoms with van der Waals surface area (Å²) in [6.07, 6.45) is 6.28. The van der Waals surface area contributed by atoms with Crippen molar-refractivity contribution in [3.63, 3.8) is 0 Å². The summed E-state index contributed by atoms with van der Waals surface area (Å²) in [4.78, 5) is 4.28. The molecule has 0 aromatic carbocycles. The summed E-state index contributed by atoms with van der Waals surface area (Å²) >= 11 is 0. The van der Waals surface area contributed by atoms with Crippen molar-refractivity contribution in [3.05, 3.63) is 12.2 Å². The number of nitrogens with one attached hydrogen (secondary N) is 1. The van der Waals surface area contributed by atoms with Gasteiger partial charge in [0.15, 0.2) is 0 Å². The van der Waals surface area contributed by atoms with Crippen molar-refractivity contribution < 1.29 is 0 Å². The molecule has 5 nitrogen and oxygen atoms in total. The normalized spacial score (nSPS) is 25.1. The van der Waals surface area contributed by atoms with Crippen molar-refractivity contribution in [2.75, 3.05) is 0 Å². The van der Waals surface area contributed by atoms with E-state index in [4.69, 9.17) is 5.84 Å². The minimum Gasteiger partial charge on any atom is -0.271 e. The Kier molecular flexibility index (Phi) is 3.49. The van der Waals surface area contributed by atoms with Crippen LogP contribution in [0.1, 0.15) is 38.9 Å². The van der Waals surface area contributed by atoms with Crippen LogP contribution in [0.5, 0.6) is 0 Å². The van der Waals surface area contributed by atoms with Crippen LogP contribution in [0.25, 0.3) is 0 Å². The molecule has 17 heavy (non-hydrogen) atoms. The fourth-order valence-electron chi connectivity index (χ4n) is 3.12. The van der Waals surface area contributed by atoms with E-state index in [1.54, 1.807) is 6.33 Å². The number of hydrogen-bond donors (Lipinski definition) is 2. The lowest BCUT2D eigenvalue weighted by molar-refractivity contribution is 0.194. The van der Waals surface area contributed by atoms with Gasteiger partial charge in [-0.1, -0.05) is 20.3 Å². The molecular formula is C12H23N5. The van der Waals surface area contributed by atoms with E-state index in [2.05, 4.69) is 29.4 Å². The summed E-state index contributed by atoms with van der Waals surface area (Å²) in [6, 6.07) is 0.287. The summed E-state index contributed by atoms with van der Waals surface area (Å²) < 4.78 is 1.83. The van der Waals surface area contributed by atoms with Crippen molar-refractivity contribution in [1.29, 1.82) is 0 Å². The van der Waals surface area contributed by atoms with Crippen molar-refractivity contribution in [1.82, 2.24) is 20.2 Å². The third kappa shape index (κ3) is 2.50. The zero-order chi connectivity index (χ0) is 12.5. The molecule has 1 aliphatic rings. The predicted octanol–water partition coefficient (Wildman–Crippen LogP) is 1.02. The smallest absolute Gasteiger partial charge is 0.138 e. The average Bonchev–Trinajstić information content (AvgIpc) is 2.82. The van der Waals surface area contributed by atoms with E-state index >= 15 is 0 Å². The van der Waals surface area contributed by atoms with Gasteiger partial charge in [-0.05, 0) is 24.2 Å².